The van der Waals surface area contributed by atoms with Crippen molar-refractivity contribution in [1.82, 2.24) is 4.90 Å². The number of carbonyl (C=O) groups is 1. The van der Waals surface area contributed by atoms with Crippen LogP contribution in [0.3, 0.4) is 0 Å². The molecular formula is C14H21N3O2. The first-order valence-electron chi connectivity index (χ1n) is 6.54. The number of piperazine rings is 1. The molecule has 1 aliphatic heterocycles. The molecule has 0 aromatic heterocycles. The van der Waals surface area contributed by atoms with E-state index in [1.54, 1.807) is 7.11 Å². The van der Waals surface area contributed by atoms with Crippen LogP contribution in [0.15, 0.2) is 24.3 Å². The molecule has 19 heavy (non-hydrogen) atoms. The van der Waals surface area contributed by atoms with E-state index in [4.69, 9.17) is 10.5 Å². The predicted molar refractivity (Wildman–Crippen MR) is 75.4 cm³/mol. The summed E-state index contributed by atoms with van der Waals surface area (Å²) in [6.45, 7) is 5.39. The Hall–Kier alpha value is -1.75. The maximum Gasteiger partial charge on any atom is 0.234 e. The standard InChI is InChI=1S/C14H21N3O2/c1-11(14(15)18)16-7-9-17(10-8-16)12-3-5-13(19-2)6-4-12/h3-6,11H,7-10H2,1-2H3,(H2,15,18)/t11-/m0/s1. The molecule has 0 saturated carbocycles. The van der Waals surface area contributed by atoms with Gasteiger partial charge in [-0.05, 0) is 31.2 Å². The normalized spacial score (nSPS) is 18.1. The number of methoxy groups -OCH3 is 1. The van der Waals surface area contributed by atoms with Crippen LogP contribution in [-0.2, 0) is 4.79 Å². The van der Waals surface area contributed by atoms with Crippen molar-refractivity contribution in [1.29, 1.82) is 0 Å². The number of rotatable bonds is 4. The summed E-state index contributed by atoms with van der Waals surface area (Å²) in [6, 6.07) is 7.87. The Morgan fingerprint density at radius 3 is 2.26 bits per heavy atom. The number of amides is 1. The fourth-order valence-corrected chi connectivity index (χ4v) is 2.34. The highest BCUT2D eigenvalue weighted by atomic mass is 16.5. The van der Waals surface area contributed by atoms with Gasteiger partial charge in [-0.1, -0.05) is 0 Å². The molecule has 1 amide bonds. The monoisotopic (exact) mass is 263 g/mol. The number of carbonyl (C=O) groups excluding carboxylic acids is 1. The second kappa shape index (κ2) is 5.93. The maximum absolute atomic E-state index is 11.2. The van der Waals surface area contributed by atoms with Crippen LogP contribution in [0.4, 0.5) is 5.69 Å². The zero-order chi connectivity index (χ0) is 13.8. The average molecular weight is 263 g/mol. The van der Waals surface area contributed by atoms with Crippen molar-refractivity contribution >= 4 is 11.6 Å². The number of nitrogens with two attached hydrogens (primary N) is 1. The lowest BCUT2D eigenvalue weighted by Gasteiger charge is -2.38. The van der Waals surface area contributed by atoms with Crippen LogP contribution in [0.25, 0.3) is 0 Å². The molecule has 104 valence electrons. The summed E-state index contributed by atoms with van der Waals surface area (Å²) in [5.74, 6) is 0.614. The van der Waals surface area contributed by atoms with Gasteiger partial charge in [0.15, 0.2) is 0 Å². The molecule has 0 aliphatic carbocycles. The Labute approximate surface area is 113 Å². The third kappa shape index (κ3) is 3.17. The highest BCUT2D eigenvalue weighted by molar-refractivity contribution is 5.79. The molecule has 5 nitrogen and oxygen atoms in total. The van der Waals surface area contributed by atoms with E-state index in [0.29, 0.717) is 0 Å². The van der Waals surface area contributed by atoms with E-state index in [2.05, 4.69) is 21.9 Å². The largest absolute Gasteiger partial charge is 0.497 e. The average Bonchev–Trinajstić information content (AvgIpc) is 2.46. The number of primary amides is 1. The Morgan fingerprint density at radius 1 is 1.21 bits per heavy atom. The fourth-order valence-electron chi connectivity index (χ4n) is 2.34. The van der Waals surface area contributed by atoms with E-state index in [9.17, 15) is 4.79 Å². The summed E-state index contributed by atoms with van der Waals surface area (Å²) in [5.41, 5.74) is 6.52. The Bertz CT molecular complexity index is 425. The molecule has 0 unspecified atom stereocenters. The van der Waals surface area contributed by atoms with E-state index in [-0.39, 0.29) is 11.9 Å². The first kappa shape index (κ1) is 13.7. The second-order valence-corrected chi connectivity index (χ2v) is 4.80. The Kier molecular flexibility index (Phi) is 4.27. The third-order valence-electron chi connectivity index (χ3n) is 3.71. The molecule has 0 bridgehead atoms. The molecular weight excluding hydrogens is 242 g/mol. The molecule has 1 atom stereocenters. The van der Waals surface area contributed by atoms with E-state index in [0.717, 1.165) is 31.9 Å². The number of hydrogen-bond donors (Lipinski definition) is 1. The van der Waals surface area contributed by atoms with Crippen LogP contribution < -0.4 is 15.4 Å². The summed E-state index contributed by atoms with van der Waals surface area (Å²) in [5, 5.41) is 0. The van der Waals surface area contributed by atoms with Crippen LogP contribution in [-0.4, -0.2) is 50.1 Å². The minimum Gasteiger partial charge on any atom is -0.497 e. The van der Waals surface area contributed by atoms with Gasteiger partial charge >= 0.3 is 0 Å². The van der Waals surface area contributed by atoms with Gasteiger partial charge in [-0.3, -0.25) is 9.69 Å². The summed E-state index contributed by atoms with van der Waals surface area (Å²) < 4.78 is 5.15. The van der Waals surface area contributed by atoms with Gasteiger partial charge in [-0.25, -0.2) is 0 Å². The van der Waals surface area contributed by atoms with Crippen molar-refractivity contribution in [3.63, 3.8) is 0 Å². The maximum atomic E-state index is 11.2. The molecule has 2 rings (SSSR count). The number of benzene rings is 1. The quantitative estimate of drug-likeness (QED) is 0.868. The van der Waals surface area contributed by atoms with Crippen molar-refractivity contribution in [2.75, 3.05) is 38.2 Å². The molecule has 1 heterocycles. The lowest BCUT2D eigenvalue weighted by molar-refractivity contribution is -0.122. The predicted octanol–water partition coefficient (Wildman–Crippen LogP) is 0.691. The van der Waals surface area contributed by atoms with Crippen molar-refractivity contribution in [2.24, 2.45) is 5.73 Å². The number of hydrogen-bond acceptors (Lipinski definition) is 4. The van der Waals surface area contributed by atoms with E-state index in [1.165, 1.54) is 5.69 Å². The lowest BCUT2D eigenvalue weighted by atomic mass is 10.2. The van der Waals surface area contributed by atoms with Crippen LogP contribution in [0.1, 0.15) is 6.92 Å². The van der Waals surface area contributed by atoms with Gasteiger partial charge in [-0.15, -0.1) is 0 Å². The Morgan fingerprint density at radius 2 is 1.79 bits per heavy atom. The van der Waals surface area contributed by atoms with Crippen molar-refractivity contribution in [3.8, 4) is 5.75 Å². The molecule has 1 aromatic rings. The lowest BCUT2D eigenvalue weighted by Crippen LogP contribution is -2.53. The Balaban J connectivity index is 1.93. The molecule has 1 saturated heterocycles. The van der Waals surface area contributed by atoms with Gasteiger partial charge < -0.3 is 15.4 Å². The minimum atomic E-state index is -0.252. The first-order chi connectivity index (χ1) is 9.11. The topological polar surface area (TPSA) is 58.8 Å². The molecule has 0 spiro atoms. The van der Waals surface area contributed by atoms with Crippen molar-refractivity contribution in [2.45, 2.75) is 13.0 Å². The summed E-state index contributed by atoms with van der Waals surface area (Å²) in [6.07, 6.45) is 0. The second-order valence-electron chi connectivity index (χ2n) is 4.80. The van der Waals surface area contributed by atoms with Gasteiger partial charge in [-0.2, -0.15) is 0 Å². The van der Waals surface area contributed by atoms with E-state index in [1.807, 2.05) is 19.1 Å². The molecule has 1 aliphatic rings. The van der Waals surface area contributed by atoms with Gasteiger partial charge in [0.05, 0.1) is 13.2 Å². The molecule has 1 fully saturated rings. The van der Waals surface area contributed by atoms with Gasteiger partial charge in [0.25, 0.3) is 0 Å². The summed E-state index contributed by atoms with van der Waals surface area (Å²) >= 11 is 0. The van der Waals surface area contributed by atoms with Crippen molar-refractivity contribution < 1.29 is 9.53 Å². The van der Waals surface area contributed by atoms with Gasteiger partial charge in [0, 0.05) is 31.9 Å². The molecule has 5 heteroatoms. The van der Waals surface area contributed by atoms with Crippen LogP contribution in [0.2, 0.25) is 0 Å². The highest BCUT2D eigenvalue weighted by Crippen LogP contribution is 2.20. The van der Waals surface area contributed by atoms with E-state index >= 15 is 0 Å². The smallest absolute Gasteiger partial charge is 0.234 e. The van der Waals surface area contributed by atoms with Crippen LogP contribution in [0.5, 0.6) is 5.75 Å². The van der Waals surface area contributed by atoms with Crippen LogP contribution >= 0.6 is 0 Å². The SMILES string of the molecule is COc1ccc(N2CCN([C@@H](C)C(N)=O)CC2)cc1. The third-order valence-corrected chi connectivity index (χ3v) is 3.71. The van der Waals surface area contributed by atoms with Crippen molar-refractivity contribution in [3.05, 3.63) is 24.3 Å². The molecule has 0 radical (unpaired) electrons. The fraction of sp³-hybridized carbons (Fsp3) is 0.500. The number of nitrogens with zero attached hydrogens (tertiary/aromatic N) is 2. The summed E-state index contributed by atoms with van der Waals surface area (Å²) in [7, 11) is 1.67. The minimum absolute atomic E-state index is 0.182. The van der Waals surface area contributed by atoms with Gasteiger partial charge in [0.2, 0.25) is 5.91 Å². The highest BCUT2D eigenvalue weighted by Gasteiger charge is 2.23. The van der Waals surface area contributed by atoms with Gasteiger partial charge in [0.1, 0.15) is 5.75 Å². The van der Waals surface area contributed by atoms with E-state index < -0.39 is 0 Å². The van der Waals surface area contributed by atoms with Crippen LogP contribution in [0, 0.1) is 0 Å². The first-order valence-corrected chi connectivity index (χ1v) is 6.54. The molecule has 2 N–H and O–H groups in total. The number of ether oxygens (including phenoxy) is 1. The zero-order valence-electron chi connectivity index (χ0n) is 11.5. The summed E-state index contributed by atoms with van der Waals surface area (Å²) in [4.78, 5) is 15.6. The zero-order valence-corrected chi connectivity index (χ0v) is 11.5. The molecule has 1 aromatic carbocycles. The number of anilines is 1.